The highest BCUT2D eigenvalue weighted by molar-refractivity contribution is 7.88. The number of amides is 2. The Morgan fingerprint density at radius 3 is 2.46 bits per heavy atom. The van der Waals surface area contributed by atoms with E-state index in [4.69, 9.17) is 16.3 Å². The number of carbonyl (C=O) groups excluding carboxylic acids is 3. The molecule has 0 saturated heterocycles. The number of hydrogen-bond acceptors (Lipinski definition) is 7. The number of nitrogens with one attached hydrogen (secondary N) is 3. The Kier molecular flexibility index (Phi) is 13.7. The Balaban J connectivity index is 2.17. The number of anilines is 1. The first-order valence-electron chi connectivity index (χ1n) is 13.2. The molecule has 0 unspecified atom stereocenters. The van der Waals surface area contributed by atoms with Gasteiger partial charge in [0, 0.05) is 23.8 Å². The van der Waals surface area contributed by atoms with Gasteiger partial charge in [0.25, 0.3) is 5.56 Å². The number of benzene rings is 1. The number of pyridine rings is 1. The van der Waals surface area contributed by atoms with E-state index in [1.165, 1.54) is 30.5 Å². The summed E-state index contributed by atoms with van der Waals surface area (Å²) in [4.78, 5) is 50.0. The SMILES string of the molecule is CCOC(=O)/C=C/CC[C@H](NS(=O)(=O)Cc1ccc(Cl)cc1)C(=O)Nc1cccn(CC(=O)NCCC(C)C)c1=O. The number of nitrogens with zero attached hydrogens (tertiary/aromatic N) is 1. The summed E-state index contributed by atoms with van der Waals surface area (Å²) in [5, 5.41) is 5.68. The quantitative estimate of drug-likeness (QED) is 0.196. The zero-order valence-corrected chi connectivity index (χ0v) is 25.0. The molecule has 0 aliphatic rings. The van der Waals surface area contributed by atoms with Gasteiger partial charge >= 0.3 is 5.97 Å². The first-order chi connectivity index (χ1) is 19.4. The molecule has 0 radical (unpaired) electrons. The molecule has 1 atom stereocenters. The standard InChI is InChI=1S/C28H37ClN4O7S/c1-4-40-26(35)10-6-5-8-23(32-41(38,39)19-21-11-13-22(29)14-12-21)27(36)31-24-9-7-17-33(28(24)37)18-25(34)30-16-15-20(2)3/h6-7,9-14,17,20,23,32H,4-5,8,15-16,18-19H2,1-3H3,(H,30,34)(H,31,36)/b10-6+/t23-/m0/s1. The van der Waals surface area contributed by atoms with Crippen LogP contribution < -0.4 is 20.9 Å². The van der Waals surface area contributed by atoms with Crippen LogP contribution in [0.25, 0.3) is 0 Å². The van der Waals surface area contributed by atoms with Crippen LogP contribution in [-0.4, -0.2) is 50.0 Å². The van der Waals surface area contributed by atoms with Crippen LogP contribution in [0.4, 0.5) is 5.69 Å². The van der Waals surface area contributed by atoms with Crippen LogP contribution in [0.1, 0.15) is 45.6 Å². The molecule has 0 spiro atoms. The molecule has 2 rings (SSSR count). The van der Waals surface area contributed by atoms with E-state index in [2.05, 4.69) is 15.4 Å². The smallest absolute Gasteiger partial charge is 0.330 e. The lowest BCUT2D eigenvalue weighted by Crippen LogP contribution is -2.45. The Labute approximate surface area is 245 Å². The molecule has 1 aromatic heterocycles. The minimum atomic E-state index is -4.00. The molecular weight excluding hydrogens is 572 g/mol. The van der Waals surface area contributed by atoms with E-state index in [0.717, 1.165) is 11.0 Å². The van der Waals surface area contributed by atoms with Gasteiger partial charge in [-0.25, -0.2) is 17.9 Å². The fraction of sp³-hybridized carbons (Fsp3) is 0.429. The second kappa shape index (κ2) is 16.7. The molecule has 0 aliphatic carbocycles. The number of ether oxygens (including phenoxy) is 1. The number of esters is 1. The van der Waals surface area contributed by atoms with E-state index in [1.807, 2.05) is 13.8 Å². The van der Waals surface area contributed by atoms with E-state index in [1.54, 1.807) is 31.2 Å². The molecule has 2 aromatic rings. The van der Waals surface area contributed by atoms with Crippen molar-refractivity contribution in [2.45, 2.75) is 58.4 Å². The third-order valence-corrected chi connectivity index (χ3v) is 7.32. The van der Waals surface area contributed by atoms with Crippen molar-refractivity contribution in [3.8, 4) is 0 Å². The average Bonchev–Trinajstić information content (AvgIpc) is 2.89. The molecule has 0 bridgehead atoms. The van der Waals surface area contributed by atoms with Crippen LogP contribution in [0.2, 0.25) is 5.02 Å². The average molecular weight is 609 g/mol. The topological polar surface area (TPSA) is 153 Å². The van der Waals surface area contributed by atoms with Gasteiger partial charge < -0.3 is 19.9 Å². The van der Waals surface area contributed by atoms with Crippen molar-refractivity contribution < 1.29 is 27.5 Å². The highest BCUT2D eigenvalue weighted by atomic mass is 35.5. The maximum Gasteiger partial charge on any atom is 0.330 e. The highest BCUT2D eigenvalue weighted by Gasteiger charge is 2.25. The first-order valence-corrected chi connectivity index (χ1v) is 15.3. The summed E-state index contributed by atoms with van der Waals surface area (Å²) >= 11 is 5.88. The Morgan fingerprint density at radius 2 is 1.80 bits per heavy atom. The van der Waals surface area contributed by atoms with Crippen molar-refractivity contribution in [3.63, 3.8) is 0 Å². The molecular formula is C28H37ClN4O7S. The summed E-state index contributed by atoms with van der Waals surface area (Å²) in [5.41, 5.74) is -0.276. The molecule has 41 heavy (non-hydrogen) atoms. The summed E-state index contributed by atoms with van der Waals surface area (Å²) in [6, 6.07) is 7.83. The fourth-order valence-electron chi connectivity index (χ4n) is 3.62. The summed E-state index contributed by atoms with van der Waals surface area (Å²) in [7, 11) is -4.00. The van der Waals surface area contributed by atoms with E-state index >= 15 is 0 Å². The van der Waals surface area contributed by atoms with Gasteiger partial charge in [0.05, 0.1) is 12.4 Å². The maximum absolute atomic E-state index is 13.2. The van der Waals surface area contributed by atoms with Crippen LogP contribution in [0.5, 0.6) is 0 Å². The number of sulfonamides is 1. The van der Waals surface area contributed by atoms with Crippen LogP contribution >= 0.6 is 11.6 Å². The Morgan fingerprint density at radius 1 is 1.10 bits per heavy atom. The summed E-state index contributed by atoms with van der Waals surface area (Å²) in [6.07, 6.45) is 5.03. The molecule has 1 aromatic carbocycles. The second-order valence-corrected chi connectivity index (χ2v) is 11.9. The number of hydrogen-bond donors (Lipinski definition) is 3. The van der Waals surface area contributed by atoms with E-state index in [9.17, 15) is 27.6 Å². The zero-order valence-electron chi connectivity index (χ0n) is 23.4. The molecule has 0 saturated carbocycles. The summed E-state index contributed by atoms with van der Waals surface area (Å²) in [5.74, 6) is -1.68. The number of rotatable bonds is 16. The lowest BCUT2D eigenvalue weighted by Gasteiger charge is -2.18. The van der Waals surface area contributed by atoms with Crippen LogP contribution in [-0.2, 0) is 41.4 Å². The van der Waals surface area contributed by atoms with Gasteiger partial charge in [-0.3, -0.25) is 14.4 Å². The third kappa shape index (κ3) is 12.7. The molecule has 11 nitrogen and oxygen atoms in total. The van der Waals surface area contributed by atoms with E-state index in [0.29, 0.717) is 23.0 Å². The minimum Gasteiger partial charge on any atom is -0.463 e. The second-order valence-electron chi connectivity index (χ2n) is 9.66. The normalized spacial score (nSPS) is 12.3. The van der Waals surface area contributed by atoms with E-state index in [-0.39, 0.29) is 37.6 Å². The lowest BCUT2D eigenvalue weighted by atomic mass is 10.1. The number of aromatic nitrogens is 1. The molecule has 0 fully saturated rings. The van der Waals surface area contributed by atoms with Crippen LogP contribution in [0.3, 0.4) is 0 Å². The predicted octanol–water partition coefficient (Wildman–Crippen LogP) is 2.99. The molecule has 1 heterocycles. The number of carbonyl (C=O) groups is 3. The third-order valence-electron chi connectivity index (χ3n) is 5.71. The van der Waals surface area contributed by atoms with Crippen LogP contribution in [0, 0.1) is 5.92 Å². The van der Waals surface area contributed by atoms with E-state index < -0.39 is 39.3 Å². The van der Waals surface area contributed by atoms with Crippen molar-refractivity contribution in [2.24, 2.45) is 5.92 Å². The fourth-order valence-corrected chi connectivity index (χ4v) is 5.12. The molecule has 13 heteroatoms. The number of allylic oxidation sites excluding steroid dienone is 1. The number of halogens is 1. The predicted molar refractivity (Wildman–Crippen MR) is 158 cm³/mol. The van der Waals surface area contributed by atoms with Crippen molar-refractivity contribution in [1.82, 2.24) is 14.6 Å². The highest BCUT2D eigenvalue weighted by Crippen LogP contribution is 2.13. The largest absolute Gasteiger partial charge is 0.463 e. The van der Waals surface area contributed by atoms with Gasteiger partial charge in [0.1, 0.15) is 18.3 Å². The minimum absolute atomic E-state index is 0.0130. The summed E-state index contributed by atoms with van der Waals surface area (Å²) in [6.45, 7) is 6.17. The van der Waals surface area contributed by atoms with Crippen molar-refractivity contribution >= 4 is 45.1 Å². The Bertz CT molecular complexity index is 1370. The van der Waals surface area contributed by atoms with Crippen molar-refractivity contribution in [2.75, 3.05) is 18.5 Å². The molecule has 224 valence electrons. The van der Waals surface area contributed by atoms with Gasteiger partial charge in [0.2, 0.25) is 21.8 Å². The van der Waals surface area contributed by atoms with Crippen molar-refractivity contribution in [1.29, 1.82) is 0 Å². The Hall–Kier alpha value is -3.48. The molecule has 3 N–H and O–H groups in total. The summed E-state index contributed by atoms with van der Waals surface area (Å²) < 4.78 is 34.2. The van der Waals surface area contributed by atoms with Crippen LogP contribution in [0.15, 0.2) is 59.5 Å². The van der Waals surface area contributed by atoms with Gasteiger partial charge in [-0.1, -0.05) is 43.7 Å². The monoisotopic (exact) mass is 608 g/mol. The maximum atomic E-state index is 13.2. The molecule has 0 aliphatic heterocycles. The van der Waals surface area contributed by atoms with Gasteiger partial charge in [-0.15, -0.1) is 0 Å². The van der Waals surface area contributed by atoms with Gasteiger partial charge in [-0.05, 0) is 61.9 Å². The van der Waals surface area contributed by atoms with Crippen molar-refractivity contribution in [3.05, 3.63) is 75.7 Å². The first kappa shape index (κ1) is 33.7. The zero-order chi connectivity index (χ0) is 30.4. The lowest BCUT2D eigenvalue weighted by molar-refractivity contribution is -0.137. The van der Waals surface area contributed by atoms with Gasteiger partial charge in [-0.2, -0.15) is 0 Å². The molecule has 2 amide bonds. The van der Waals surface area contributed by atoms with Gasteiger partial charge in [0.15, 0.2) is 0 Å².